The normalized spacial score (nSPS) is 16.5. The Morgan fingerprint density at radius 1 is 0.368 bits per heavy atom. The number of nitrogens with zero attached hydrogens (tertiary/aromatic N) is 4. The number of ether oxygens (including phenoxy) is 4. The average Bonchev–Trinajstić information content (AvgIpc) is 4.06. The first-order valence-corrected chi connectivity index (χ1v) is 18.2. The highest BCUT2D eigenvalue weighted by atomic mass is 27.0. The van der Waals surface area contributed by atoms with Gasteiger partial charge in [-0.15, -0.1) is 0 Å². The zero-order valence-electron chi connectivity index (χ0n) is 31.3. The first-order chi connectivity index (χ1) is 27.5. The molecule has 0 fully saturated rings. The Morgan fingerprint density at radius 3 is 1.28 bits per heavy atom. The number of rotatable bonds is 8. The Hall–Kier alpha value is -6.79. The Labute approximate surface area is 342 Å². The van der Waals surface area contributed by atoms with Crippen LogP contribution in [0.1, 0.15) is 22.3 Å². The van der Waals surface area contributed by atoms with E-state index in [9.17, 15) is 0 Å². The molecule has 8 nitrogen and oxygen atoms in total. The second-order valence-corrected chi connectivity index (χ2v) is 13.4. The molecule has 8 bridgehead atoms. The lowest BCUT2D eigenvalue weighted by atomic mass is 9.86. The van der Waals surface area contributed by atoms with Gasteiger partial charge in [0.2, 0.25) is 0 Å². The second kappa shape index (κ2) is 15.8. The molecule has 5 heterocycles. The Morgan fingerprint density at radius 2 is 0.789 bits per heavy atom. The molecule has 0 amide bonds. The van der Waals surface area contributed by atoms with Gasteiger partial charge >= 0.3 is 0 Å². The lowest BCUT2D eigenvalue weighted by Gasteiger charge is -2.18. The highest BCUT2D eigenvalue weighted by Gasteiger charge is 2.33. The van der Waals surface area contributed by atoms with Crippen molar-refractivity contribution in [3.05, 3.63) is 191 Å². The van der Waals surface area contributed by atoms with Gasteiger partial charge in [0.1, 0.15) is 23.0 Å². The summed E-state index contributed by atoms with van der Waals surface area (Å²) in [5, 5.41) is 0. The van der Waals surface area contributed by atoms with E-state index in [2.05, 4.69) is 60.7 Å². The lowest BCUT2D eigenvalue weighted by molar-refractivity contribution is 0.414. The smallest absolute Gasteiger partial charge is 0.187 e. The van der Waals surface area contributed by atoms with Crippen molar-refractivity contribution in [2.24, 2.45) is 20.0 Å². The quantitative estimate of drug-likeness (QED) is 0.169. The van der Waals surface area contributed by atoms with Crippen molar-refractivity contribution in [2.75, 3.05) is 28.4 Å². The van der Waals surface area contributed by atoms with Crippen LogP contribution in [0, 0.1) is 0 Å². The number of allylic oxidation sites excluding steroid dienone is 12. The average molecular weight is 763 g/mol. The molecule has 5 aliphatic heterocycles. The summed E-state index contributed by atoms with van der Waals surface area (Å²) in [4.78, 5) is 20.9. The zero-order valence-corrected chi connectivity index (χ0v) is 31.3. The third-order valence-corrected chi connectivity index (χ3v) is 10.0. The van der Waals surface area contributed by atoms with E-state index < -0.39 is 0 Å². The maximum Gasteiger partial charge on any atom is 0.187 e. The molecule has 0 saturated carbocycles. The van der Waals surface area contributed by atoms with Gasteiger partial charge in [0.15, 0.2) is 17.4 Å². The highest BCUT2D eigenvalue weighted by Crippen LogP contribution is 2.47. The van der Waals surface area contributed by atoms with Crippen LogP contribution < -0.4 is 18.9 Å². The van der Waals surface area contributed by atoms with E-state index in [1.807, 2.05) is 85.0 Å². The second-order valence-electron chi connectivity index (χ2n) is 13.4. The van der Waals surface area contributed by atoms with Crippen LogP contribution >= 0.6 is 0 Å². The molecule has 0 spiro atoms. The fourth-order valence-corrected chi connectivity index (χ4v) is 7.24. The summed E-state index contributed by atoms with van der Waals surface area (Å²) in [6, 6.07) is 32.4. The van der Waals surface area contributed by atoms with Crippen molar-refractivity contribution < 1.29 is 18.9 Å². The Balaban J connectivity index is 0.00000455. The standard InChI is InChI=1S/C48H36N4O4.Al.3H/c1-53-38-17-5-29(6-18-38)42-27-37-26-35-14-13-33(49-35)25-34-15-16-36(50-34)28-43-44(30-7-19-39(54-2)20-8-30)45(31-9-21-40(55-3)22-10-31)48(52-43)46(47(42)51-37)32-11-23-41(56-4)24-12-32;;;;/h5-28H,1-4H3;;;;. The summed E-state index contributed by atoms with van der Waals surface area (Å²) >= 11 is 0. The molecule has 0 aromatic heterocycles. The molecule has 0 radical (unpaired) electrons. The minimum absolute atomic E-state index is 0. The van der Waals surface area contributed by atoms with Crippen molar-refractivity contribution in [3.63, 3.8) is 0 Å². The predicted molar refractivity (Wildman–Crippen MR) is 236 cm³/mol. The molecule has 0 aliphatic carbocycles. The monoisotopic (exact) mass is 762 g/mol. The molecule has 0 atom stereocenters. The van der Waals surface area contributed by atoms with Crippen LogP contribution in [0.15, 0.2) is 188 Å². The molecule has 0 N–H and O–H groups in total. The fraction of sp³-hybridized carbons (Fsp3) is 0.0833. The van der Waals surface area contributed by atoms with Gasteiger partial charge in [0, 0.05) is 22.3 Å². The maximum absolute atomic E-state index is 5.62. The molecule has 5 aliphatic rings. The Kier molecular flexibility index (Phi) is 10.3. The van der Waals surface area contributed by atoms with Crippen LogP contribution in [0.4, 0.5) is 0 Å². The van der Waals surface area contributed by atoms with Gasteiger partial charge in [-0.3, -0.25) is 0 Å². The molecule has 4 aromatic carbocycles. The summed E-state index contributed by atoms with van der Waals surface area (Å²) in [7, 11) is 6.69. The molecular weight excluding hydrogens is 724 g/mol. The van der Waals surface area contributed by atoms with E-state index >= 15 is 0 Å². The van der Waals surface area contributed by atoms with Crippen LogP contribution in [0.25, 0.3) is 22.3 Å². The van der Waals surface area contributed by atoms with Gasteiger partial charge in [-0.05, 0) is 119 Å². The first kappa shape index (κ1) is 37.2. The number of hydrogen-bond donors (Lipinski definition) is 0. The van der Waals surface area contributed by atoms with Gasteiger partial charge in [0.05, 0.1) is 74.1 Å². The van der Waals surface area contributed by atoms with Gasteiger partial charge in [-0.25, -0.2) is 20.0 Å². The molecule has 4 aromatic rings. The van der Waals surface area contributed by atoms with E-state index in [0.29, 0.717) is 0 Å². The summed E-state index contributed by atoms with van der Waals surface area (Å²) in [6.45, 7) is 0. The first-order valence-electron chi connectivity index (χ1n) is 18.2. The fourth-order valence-electron chi connectivity index (χ4n) is 7.24. The molecule has 0 unspecified atom stereocenters. The third kappa shape index (κ3) is 7.23. The van der Waals surface area contributed by atoms with Crippen LogP contribution in [0.5, 0.6) is 23.0 Å². The van der Waals surface area contributed by atoms with Crippen molar-refractivity contribution in [1.82, 2.24) is 0 Å². The minimum atomic E-state index is 0. The predicted octanol–water partition coefficient (Wildman–Crippen LogP) is 8.54. The topological polar surface area (TPSA) is 86.4 Å². The molecule has 278 valence electrons. The Bertz CT molecular complexity index is 2670. The molecule has 9 heteroatoms. The van der Waals surface area contributed by atoms with E-state index in [1.165, 1.54) is 0 Å². The molecule has 57 heavy (non-hydrogen) atoms. The van der Waals surface area contributed by atoms with Gasteiger partial charge in [-0.1, -0.05) is 48.5 Å². The van der Waals surface area contributed by atoms with Crippen molar-refractivity contribution in [3.8, 4) is 23.0 Å². The van der Waals surface area contributed by atoms with Crippen LogP contribution in [0.3, 0.4) is 0 Å². The minimum Gasteiger partial charge on any atom is -0.497 e. The maximum atomic E-state index is 5.62. The van der Waals surface area contributed by atoms with Gasteiger partial charge < -0.3 is 18.9 Å². The van der Waals surface area contributed by atoms with Gasteiger partial charge in [-0.2, -0.15) is 0 Å². The number of fused-ring (bicyclic) bond motifs is 4. The zero-order chi connectivity index (χ0) is 38.2. The summed E-state index contributed by atoms with van der Waals surface area (Å²) in [5.74, 6) is 3.03. The third-order valence-electron chi connectivity index (χ3n) is 10.0. The number of methoxy groups -OCH3 is 4. The molecule has 9 rings (SSSR count). The van der Waals surface area contributed by atoms with E-state index in [-0.39, 0.29) is 17.4 Å². The summed E-state index contributed by atoms with van der Waals surface area (Å²) in [5.41, 5.74) is 13.8. The van der Waals surface area contributed by atoms with Crippen molar-refractivity contribution in [2.45, 2.75) is 0 Å². The number of aliphatic imine (C=N–C) groups is 4. The van der Waals surface area contributed by atoms with E-state index in [4.69, 9.17) is 38.9 Å². The van der Waals surface area contributed by atoms with E-state index in [0.717, 1.165) is 113 Å². The SMILES string of the molecule is COc1ccc(C2=CC3=CC4=NC(=CC5=NC(=CC6=NC(=C(c7ccc(OC)cc7)C2=N3)C(c2ccc(OC)cc2)=C6c2ccc(OC)cc2)C=C5)C=C4)cc1.[AlH3]. The van der Waals surface area contributed by atoms with Crippen LogP contribution in [-0.2, 0) is 0 Å². The van der Waals surface area contributed by atoms with Crippen LogP contribution in [0.2, 0.25) is 0 Å². The summed E-state index contributed by atoms with van der Waals surface area (Å²) in [6.07, 6.45) is 16.2. The van der Waals surface area contributed by atoms with Crippen molar-refractivity contribution >= 4 is 62.5 Å². The lowest BCUT2D eigenvalue weighted by Crippen LogP contribution is -2.07. The summed E-state index contributed by atoms with van der Waals surface area (Å²) < 4.78 is 22.4. The largest absolute Gasteiger partial charge is 0.497 e. The van der Waals surface area contributed by atoms with Crippen LogP contribution in [-0.4, -0.2) is 68.6 Å². The van der Waals surface area contributed by atoms with Crippen molar-refractivity contribution in [1.29, 1.82) is 0 Å². The highest BCUT2D eigenvalue weighted by molar-refractivity contribution is 6.50. The van der Waals surface area contributed by atoms with E-state index in [1.54, 1.807) is 28.4 Å². The number of hydrogen-bond acceptors (Lipinski definition) is 8. The molecule has 0 saturated heterocycles. The molecular formula is C48H39AlN4O4. The number of benzene rings is 4. The van der Waals surface area contributed by atoms with Gasteiger partial charge in [0.25, 0.3) is 0 Å².